The Labute approximate surface area is 125 Å². The van der Waals surface area contributed by atoms with Gasteiger partial charge in [-0.3, -0.25) is 4.79 Å². The maximum absolute atomic E-state index is 11.4. The summed E-state index contributed by atoms with van der Waals surface area (Å²) in [7, 11) is 3.20. The predicted octanol–water partition coefficient (Wildman–Crippen LogP) is 0.866. The van der Waals surface area contributed by atoms with Crippen LogP contribution in [0, 0.1) is 11.3 Å². The Balaban J connectivity index is 2.30. The van der Waals surface area contributed by atoms with Gasteiger partial charge in [0.05, 0.1) is 33.3 Å². The van der Waals surface area contributed by atoms with Gasteiger partial charge in [-0.2, -0.15) is 5.26 Å². The Morgan fingerprint density at radius 3 is 2.67 bits per heavy atom. The van der Waals surface area contributed by atoms with E-state index in [1.807, 2.05) is 24.3 Å². The second-order valence-corrected chi connectivity index (χ2v) is 4.37. The van der Waals surface area contributed by atoms with Gasteiger partial charge in [-0.05, 0) is 30.7 Å². The number of rotatable bonds is 9. The molecule has 1 aromatic carbocycles. The van der Waals surface area contributed by atoms with E-state index in [1.54, 1.807) is 14.2 Å². The normalized spacial score (nSPS) is 9.76. The summed E-state index contributed by atoms with van der Waals surface area (Å²) < 4.78 is 10.4. The summed E-state index contributed by atoms with van der Waals surface area (Å²) in [6.07, 6.45) is 1.11. The minimum atomic E-state index is -0.0995. The lowest BCUT2D eigenvalue weighted by molar-refractivity contribution is -0.120. The number of carbonyl (C=O) groups excluding carboxylic acids is 1. The summed E-state index contributed by atoms with van der Waals surface area (Å²) in [6.45, 7) is 1.33. The fourth-order valence-corrected chi connectivity index (χ4v) is 1.79. The molecular formula is C15H21N3O3. The number of methoxy groups -OCH3 is 2. The van der Waals surface area contributed by atoms with Gasteiger partial charge in [-0.15, -0.1) is 0 Å². The zero-order valence-electron chi connectivity index (χ0n) is 12.4. The number of benzene rings is 1. The molecule has 6 nitrogen and oxygen atoms in total. The van der Waals surface area contributed by atoms with E-state index in [0.29, 0.717) is 31.0 Å². The van der Waals surface area contributed by atoms with Crippen molar-refractivity contribution in [2.45, 2.75) is 12.8 Å². The molecule has 0 radical (unpaired) electrons. The number of hydrogen-bond donors (Lipinski definition) is 2. The molecule has 0 spiro atoms. The van der Waals surface area contributed by atoms with Gasteiger partial charge < -0.3 is 20.1 Å². The molecule has 0 saturated heterocycles. The summed E-state index contributed by atoms with van der Waals surface area (Å²) >= 11 is 0. The number of ether oxygens (including phenoxy) is 2. The van der Waals surface area contributed by atoms with Gasteiger partial charge >= 0.3 is 0 Å². The molecule has 1 aromatic rings. The molecule has 21 heavy (non-hydrogen) atoms. The third-order valence-electron chi connectivity index (χ3n) is 2.88. The largest absolute Gasteiger partial charge is 0.493 e. The molecular weight excluding hydrogens is 270 g/mol. The first kappa shape index (κ1) is 16.8. The van der Waals surface area contributed by atoms with E-state index in [0.717, 1.165) is 12.0 Å². The van der Waals surface area contributed by atoms with Gasteiger partial charge in [0, 0.05) is 6.54 Å². The van der Waals surface area contributed by atoms with Gasteiger partial charge in [0.1, 0.15) is 0 Å². The van der Waals surface area contributed by atoms with Crippen LogP contribution in [0.4, 0.5) is 0 Å². The number of nitriles is 1. The maximum Gasteiger partial charge on any atom is 0.233 e. The van der Waals surface area contributed by atoms with Crippen molar-refractivity contribution in [1.29, 1.82) is 5.26 Å². The van der Waals surface area contributed by atoms with Crippen LogP contribution in [0.25, 0.3) is 0 Å². The number of hydrogen-bond acceptors (Lipinski definition) is 5. The minimum absolute atomic E-state index is 0.0995. The van der Waals surface area contributed by atoms with Crippen LogP contribution in [0.1, 0.15) is 12.0 Å². The molecule has 0 aliphatic heterocycles. The average Bonchev–Trinajstić information content (AvgIpc) is 2.51. The molecule has 1 rings (SSSR count). The number of carbonyl (C=O) groups is 1. The van der Waals surface area contributed by atoms with Crippen molar-refractivity contribution in [1.82, 2.24) is 10.6 Å². The van der Waals surface area contributed by atoms with E-state index in [4.69, 9.17) is 14.7 Å². The topological polar surface area (TPSA) is 83.4 Å². The third kappa shape index (κ3) is 6.15. The lowest BCUT2D eigenvalue weighted by atomic mass is 10.1. The van der Waals surface area contributed by atoms with Crippen molar-refractivity contribution < 1.29 is 14.3 Å². The fourth-order valence-electron chi connectivity index (χ4n) is 1.79. The second kappa shape index (κ2) is 9.61. The van der Waals surface area contributed by atoms with E-state index in [1.165, 1.54) is 0 Å². The number of nitrogens with zero attached hydrogens (tertiary/aromatic N) is 1. The molecule has 0 aliphatic carbocycles. The smallest absolute Gasteiger partial charge is 0.233 e. The van der Waals surface area contributed by atoms with Crippen molar-refractivity contribution in [2.24, 2.45) is 0 Å². The molecule has 114 valence electrons. The number of nitrogens with one attached hydrogen (secondary N) is 2. The molecule has 0 unspecified atom stereocenters. The lowest BCUT2D eigenvalue weighted by Gasteiger charge is -2.10. The molecule has 0 aromatic heterocycles. The van der Waals surface area contributed by atoms with Crippen molar-refractivity contribution in [3.63, 3.8) is 0 Å². The van der Waals surface area contributed by atoms with Crippen molar-refractivity contribution in [3.8, 4) is 17.6 Å². The van der Waals surface area contributed by atoms with E-state index < -0.39 is 0 Å². The SMILES string of the molecule is COc1ccc(CCNCC(=O)NCCC#N)cc1OC. The molecule has 0 fully saturated rings. The molecule has 6 heteroatoms. The minimum Gasteiger partial charge on any atom is -0.493 e. The standard InChI is InChI=1S/C15H21N3O3/c1-20-13-5-4-12(10-14(13)21-2)6-9-17-11-15(19)18-8-3-7-16/h4-5,10,17H,3,6,8-9,11H2,1-2H3,(H,18,19). The number of amides is 1. The van der Waals surface area contributed by atoms with Gasteiger partial charge in [0.25, 0.3) is 0 Å². The summed E-state index contributed by atoms with van der Waals surface area (Å²) in [6, 6.07) is 7.73. The van der Waals surface area contributed by atoms with Crippen LogP contribution in [0.5, 0.6) is 11.5 Å². The highest BCUT2D eigenvalue weighted by atomic mass is 16.5. The Kier molecular flexibility index (Phi) is 7.69. The van der Waals surface area contributed by atoms with Crippen LogP contribution in [-0.4, -0.2) is 39.8 Å². The highest BCUT2D eigenvalue weighted by molar-refractivity contribution is 5.77. The molecule has 2 N–H and O–H groups in total. The molecule has 0 bridgehead atoms. The molecule has 0 atom stereocenters. The zero-order chi connectivity index (χ0) is 15.5. The Bertz CT molecular complexity index is 497. The highest BCUT2D eigenvalue weighted by Gasteiger charge is 2.05. The quantitative estimate of drug-likeness (QED) is 0.660. The van der Waals surface area contributed by atoms with Gasteiger partial charge in [-0.1, -0.05) is 6.07 Å². The fraction of sp³-hybridized carbons (Fsp3) is 0.467. The van der Waals surface area contributed by atoms with Gasteiger partial charge in [0.2, 0.25) is 5.91 Å². The maximum atomic E-state index is 11.4. The summed E-state index contributed by atoms with van der Waals surface area (Å²) in [5, 5.41) is 14.1. The van der Waals surface area contributed by atoms with E-state index >= 15 is 0 Å². The highest BCUT2D eigenvalue weighted by Crippen LogP contribution is 2.27. The Morgan fingerprint density at radius 2 is 2.00 bits per heavy atom. The monoisotopic (exact) mass is 291 g/mol. The first-order valence-electron chi connectivity index (χ1n) is 6.76. The van der Waals surface area contributed by atoms with Crippen LogP contribution in [0.3, 0.4) is 0 Å². The van der Waals surface area contributed by atoms with E-state index in [9.17, 15) is 4.79 Å². The molecule has 0 aliphatic rings. The van der Waals surface area contributed by atoms with E-state index in [-0.39, 0.29) is 12.5 Å². The van der Waals surface area contributed by atoms with Crippen LogP contribution in [0.15, 0.2) is 18.2 Å². The second-order valence-electron chi connectivity index (χ2n) is 4.37. The lowest BCUT2D eigenvalue weighted by Crippen LogP contribution is -2.35. The predicted molar refractivity (Wildman–Crippen MR) is 79.4 cm³/mol. The van der Waals surface area contributed by atoms with Crippen molar-refractivity contribution >= 4 is 5.91 Å². The Morgan fingerprint density at radius 1 is 1.24 bits per heavy atom. The third-order valence-corrected chi connectivity index (χ3v) is 2.88. The average molecular weight is 291 g/mol. The van der Waals surface area contributed by atoms with Gasteiger partial charge in [0.15, 0.2) is 11.5 Å². The first-order chi connectivity index (χ1) is 10.2. The van der Waals surface area contributed by atoms with Crippen LogP contribution in [0.2, 0.25) is 0 Å². The Hall–Kier alpha value is -2.26. The summed E-state index contributed by atoms with van der Waals surface area (Å²) in [5.41, 5.74) is 1.10. The zero-order valence-corrected chi connectivity index (χ0v) is 12.4. The summed E-state index contributed by atoms with van der Waals surface area (Å²) in [4.78, 5) is 11.4. The van der Waals surface area contributed by atoms with Crippen LogP contribution < -0.4 is 20.1 Å². The van der Waals surface area contributed by atoms with Crippen molar-refractivity contribution in [2.75, 3.05) is 33.9 Å². The van der Waals surface area contributed by atoms with E-state index in [2.05, 4.69) is 10.6 Å². The molecule has 1 amide bonds. The van der Waals surface area contributed by atoms with Crippen LogP contribution >= 0.6 is 0 Å². The van der Waals surface area contributed by atoms with Crippen molar-refractivity contribution in [3.05, 3.63) is 23.8 Å². The first-order valence-corrected chi connectivity index (χ1v) is 6.76. The molecule has 0 saturated carbocycles. The van der Waals surface area contributed by atoms with Crippen LogP contribution in [-0.2, 0) is 11.2 Å². The van der Waals surface area contributed by atoms with Gasteiger partial charge in [-0.25, -0.2) is 0 Å². The summed E-state index contributed by atoms with van der Waals surface area (Å²) in [5.74, 6) is 1.30. The molecule has 0 heterocycles.